The molecule has 196 valence electrons. The molecule has 1 saturated carbocycles. The summed E-state index contributed by atoms with van der Waals surface area (Å²) in [6.07, 6.45) is 5.81. The predicted molar refractivity (Wildman–Crippen MR) is 146 cm³/mol. The number of hydrogen-bond donors (Lipinski definition) is 1. The van der Waals surface area contributed by atoms with Crippen LogP contribution in [0.15, 0.2) is 48.5 Å². The second-order valence-corrected chi connectivity index (χ2v) is 10.5. The first-order valence-electron chi connectivity index (χ1n) is 13.9. The van der Waals surface area contributed by atoms with Gasteiger partial charge in [0.05, 0.1) is 11.5 Å². The third kappa shape index (κ3) is 5.50. The zero-order chi connectivity index (χ0) is 25.8. The van der Waals surface area contributed by atoms with Crippen molar-refractivity contribution in [3.05, 3.63) is 59.7 Å². The summed E-state index contributed by atoms with van der Waals surface area (Å²) in [4.78, 5) is 45.5. The molecule has 1 N–H and O–H groups in total. The molecule has 0 unspecified atom stereocenters. The summed E-state index contributed by atoms with van der Waals surface area (Å²) in [6.45, 7) is 6.21. The summed E-state index contributed by atoms with van der Waals surface area (Å²) in [5.74, 6) is 0.218. The van der Waals surface area contributed by atoms with Crippen LogP contribution in [0, 0.1) is 5.92 Å². The van der Waals surface area contributed by atoms with E-state index in [9.17, 15) is 14.4 Å². The number of nitrogens with zero attached hydrogens (tertiary/aromatic N) is 3. The monoisotopic (exact) mass is 502 g/mol. The SMILES string of the molecule is CC[C@H](C(=O)N1CCN(c2ccc(NC(=O)C3CCC3)cc2C(=O)N2CCCC2)CC1)c1ccccc1. The largest absolute Gasteiger partial charge is 0.367 e. The Morgan fingerprint density at radius 1 is 0.865 bits per heavy atom. The molecule has 3 aliphatic rings. The van der Waals surface area contributed by atoms with Gasteiger partial charge in [0.1, 0.15) is 0 Å². The van der Waals surface area contributed by atoms with Crippen LogP contribution in [0.25, 0.3) is 0 Å². The van der Waals surface area contributed by atoms with E-state index >= 15 is 0 Å². The molecule has 2 aromatic carbocycles. The van der Waals surface area contributed by atoms with Gasteiger partial charge in [0.25, 0.3) is 5.91 Å². The van der Waals surface area contributed by atoms with E-state index in [-0.39, 0.29) is 29.6 Å². The number of piperazine rings is 1. The van der Waals surface area contributed by atoms with Gasteiger partial charge in [-0.05, 0) is 55.9 Å². The van der Waals surface area contributed by atoms with Gasteiger partial charge in [-0.25, -0.2) is 0 Å². The number of likely N-dealkylation sites (tertiary alicyclic amines) is 1. The maximum absolute atomic E-state index is 13.5. The lowest BCUT2D eigenvalue weighted by molar-refractivity contribution is -0.133. The molecule has 1 atom stereocenters. The van der Waals surface area contributed by atoms with Crippen LogP contribution in [0.5, 0.6) is 0 Å². The number of amides is 3. The second kappa shape index (κ2) is 11.4. The lowest BCUT2D eigenvalue weighted by atomic mass is 9.85. The highest BCUT2D eigenvalue weighted by Crippen LogP contribution is 2.31. The molecule has 0 bridgehead atoms. The third-order valence-corrected chi connectivity index (χ3v) is 8.20. The Hall–Kier alpha value is -3.35. The quantitative estimate of drug-likeness (QED) is 0.605. The van der Waals surface area contributed by atoms with Crippen molar-refractivity contribution in [3.63, 3.8) is 0 Å². The Labute approximate surface area is 219 Å². The fraction of sp³-hybridized carbons (Fsp3) is 0.500. The molecule has 1 aliphatic carbocycles. The number of rotatable bonds is 7. The van der Waals surface area contributed by atoms with E-state index in [4.69, 9.17) is 0 Å². The van der Waals surface area contributed by atoms with Crippen LogP contribution < -0.4 is 10.2 Å². The smallest absolute Gasteiger partial charge is 0.256 e. The summed E-state index contributed by atoms with van der Waals surface area (Å²) in [6, 6.07) is 15.7. The fourth-order valence-electron chi connectivity index (χ4n) is 5.69. The normalized spacial score (nSPS) is 18.9. The molecular weight excluding hydrogens is 464 g/mol. The second-order valence-electron chi connectivity index (χ2n) is 10.5. The Morgan fingerprint density at radius 3 is 2.19 bits per heavy atom. The zero-order valence-corrected chi connectivity index (χ0v) is 21.8. The molecule has 0 radical (unpaired) electrons. The number of hydrogen-bond acceptors (Lipinski definition) is 4. The average Bonchev–Trinajstić information content (AvgIpc) is 3.43. The molecule has 2 saturated heterocycles. The van der Waals surface area contributed by atoms with Crippen LogP contribution in [0.2, 0.25) is 0 Å². The van der Waals surface area contributed by atoms with E-state index in [1.54, 1.807) is 0 Å². The van der Waals surface area contributed by atoms with Crippen molar-refractivity contribution in [2.75, 3.05) is 49.5 Å². The molecule has 2 aromatic rings. The van der Waals surface area contributed by atoms with Gasteiger partial charge in [0.15, 0.2) is 0 Å². The zero-order valence-electron chi connectivity index (χ0n) is 21.8. The molecule has 3 amide bonds. The number of carbonyl (C=O) groups is 3. The molecule has 2 heterocycles. The molecule has 7 nitrogen and oxygen atoms in total. The number of anilines is 2. The highest BCUT2D eigenvalue weighted by Gasteiger charge is 2.31. The molecule has 0 spiro atoms. The highest BCUT2D eigenvalue weighted by molar-refractivity contribution is 6.02. The summed E-state index contributed by atoms with van der Waals surface area (Å²) in [7, 11) is 0. The Kier molecular flexibility index (Phi) is 7.77. The van der Waals surface area contributed by atoms with Crippen molar-refractivity contribution in [1.82, 2.24) is 9.80 Å². The summed E-state index contributed by atoms with van der Waals surface area (Å²) < 4.78 is 0. The minimum atomic E-state index is -0.126. The number of nitrogens with one attached hydrogen (secondary N) is 1. The average molecular weight is 503 g/mol. The predicted octanol–water partition coefficient (Wildman–Crippen LogP) is 4.50. The van der Waals surface area contributed by atoms with Gasteiger partial charge in [-0.1, -0.05) is 43.7 Å². The molecule has 2 aliphatic heterocycles. The van der Waals surface area contributed by atoms with E-state index < -0.39 is 0 Å². The maximum Gasteiger partial charge on any atom is 0.256 e. The van der Waals surface area contributed by atoms with Gasteiger partial charge < -0.3 is 20.0 Å². The van der Waals surface area contributed by atoms with Crippen LogP contribution in [-0.4, -0.2) is 66.8 Å². The van der Waals surface area contributed by atoms with E-state index in [0.29, 0.717) is 37.4 Å². The first-order chi connectivity index (χ1) is 18.0. The highest BCUT2D eigenvalue weighted by atomic mass is 16.2. The Morgan fingerprint density at radius 2 is 1.57 bits per heavy atom. The van der Waals surface area contributed by atoms with Crippen LogP contribution in [0.4, 0.5) is 11.4 Å². The maximum atomic E-state index is 13.5. The van der Waals surface area contributed by atoms with Crippen LogP contribution >= 0.6 is 0 Å². The first kappa shape index (κ1) is 25.3. The molecule has 0 aromatic heterocycles. The van der Waals surface area contributed by atoms with Crippen molar-refractivity contribution < 1.29 is 14.4 Å². The standard InChI is InChI=1S/C30H38N4O3/c1-2-25(22-9-4-3-5-10-22)29(36)34-19-17-32(18-20-34)27-14-13-24(31-28(35)23-11-8-12-23)21-26(27)30(37)33-15-6-7-16-33/h3-5,9-10,13-14,21,23,25H,2,6-8,11-12,15-20H2,1H3,(H,31,35)/t25-/m0/s1. The van der Waals surface area contributed by atoms with Crippen LogP contribution in [0.3, 0.4) is 0 Å². The lowest BCUT2D eigenvalue weighted by Crippen LogP contribution is -2.50. The molecule has 7 heteroatoms. The Balaban J connectivity index is 1.31. The Bertz CT molecular complexity index is 1120. The minimum absolute atomic E-state index is 0.0286. The van der Waals surface area contributed by atoms with E-state index in [2.05, 4.69) is 17.1 Å². The summed E-state index contributed by atoms with van der Waals surface area (Å²) in [5, 5.41) is 3.04. The summed E-state index contributed by atoms with van der Waals surface area (Å²) >= 11 is 0. The van der Waals surface area contributed by atoms with Crippen LogP contribution in [-0.2, 0) is 9.59 Å². The lowest BCUT2D eigenvalue weighted by Gasteiger charge is -2.38. The van der Waals surface area contributed by atoms with Crippen molar-refractivity contribution in [2.45, 2.75) is 51.4 Å². The molecule has 3 fully saturated rings. The fourth-order valence-corrected chi connectivity index (χ4v) is 5.69. The van der Waals surface area contributed by atoms with Gasteiger partial charge in [0, 0.05) is 56.6 Å². The topological polar surface area (TPSA) is 73.0 Å². The minimum Gasteiger partial charge on any atom is -0.367 e. The number of benzene rings is 2. The van der Waals surface area contributed by atoms with E-state index in [1.165, 1.54) is 0 Å². The molecule has 5 rings (SSSR count). The van der Waals surface area contributed by atoms with Gasteiger partial charge in [-0.3, -0.25) is 14.4 Å². The first-order valence-corrected chi connectivity index (χ1v) is 13.9. The van der Waals surface area contributed by atoms with Crippen molar-refractivity contribution in [3.8, 4) is 0 Å². The summed E-state index contributed by atoms with van der Waals surface area (Å²) in [5.41, 5.74) is 3.28. The van der Waals surface area contributed by atoms with Crippen LogP contribution in [0.1, 0.15) is 67.3 Å². The molecule has 37 heavy (non-hydrogen) atoms. The van der Waals surface area contributed by atoms with Crippen molar-refractivity contribution in [1.29, 1.82) is 0 Å². The van der Waals surface area contributed by atoms with E-state index in [0.717, 1.165) is 62.9 Å². The third-order valence-electron chi connectivity index (χ3n) is 8.20. The van der Waals surface area contributed by atoms with Gasteiger partial charge in [-0.2, -0.15) is 0 Å². The van der Waals surface area contributed by atoms with Gasteiger partial charge in [0.2, 0.25) is 11.8 Å². The van der Waals surface area contributed by atoms with Gasteiger partial charge >= 0.3 is 0 Å². The van der Waals surface area contributed by atoms with E-state index in [1.807, 2.05) is 58.3 Å². The van der Waals surface area contributed by atoms with Gasteiger partial charge in [-0.15, -0.1) is 0 Å². The van der Waals surface area contributed by atoms with Crippen molar-refractivity contribution >= 4 is 29.1 Å². The molecular formula is C30H38N4O3. The number of carbonyl (C=O) groups excluding carboxylic acids is 3. The van der Waals surface area contributed by atoms with Crippen molar-refractivity contribution in [2.24, 2.45) is 5.92 Å².